The summed E-state index contributed by atoms with van der Waals surface area (Å²) in [6, 6.07) is 13.1. The zero-order valence-electron chi connectivity index (χ0n) is 29.5. The van der Waals surface area contributed by atoms with Crippen LogP contribution >= 0.6 is 0 Å². The van der Waals surface area contributed by atoms with Crippen molar-refractivity contribution in [3.8, 4) is 23.0 Å². The maximum Gasteiger partial charge on any atom is 0.257 e. The molecule has 2 amide bonds. The Morgan fingerprint density at radius 1 is 0.692 bits per heavy atom. The van der Waals surface area contributed by atoms with Gasteiger partial charge in [-0.05, 0) is 54.3 Å². The molecule has 0 spiro atoms. The molecule has 1 N–H and O–H groups in total. The van der Waals surface area contributed by atoms with E-state index in [0.717, 1.165) is 54.1 Å². The van der Waals surface area contributed by atoms with E-state index in [0.29, 0.717) is 71.4 Å². The molecule has 3 aromatic carbocycles. The lowest BCUT2D eigenvalue weighted by Crippen LogP contribution is -2.43. The van der Waals surface area contributed by atoms with Gasteiger partial charge in [0, 0.05) is 69.5 Å². The summed E-state index contributed by atoms with van der Waals surface area (Å²) in [7, 11) is 3.14. The number of amides is 2. The first-order valence-corrected chi connectivity index (χ1v) is 17.6. The molecule has 3 aromatic rings. The fraction of sp³-hybridized carbons (Fsp3) is 0.350. The van der Waals surface area contributed by atoms with E-state index in [2.05, 4.69) is 51.6 Å². The molecule has 2 atom stereocenters. The lowest BCUT2D eigenvalue weighted by atomic mass is 10.1. The molecule has 5 heterocycles. The number of fused-ring (bicyclic) bond motifs is 4. The number of methoxy groups -OCH3 is 2. The van der Waals surface area contributed by atoms with Gasteiger partial charge >= 0.3 is 0 Å². The summed E-state index contributed by atoms with van der Waals surface area (Å²) in [6.45, 7) is 13.2. The van der Waals surface area contributed by atoms with Gasteiger partial charge in [0.2, 0.25) is 0 Å². The number of aliphatic imine (C=N–C) groups is 2. The molecule has 8 rings (SSSR count). The van der Waals surface area contributed by atoms with E-state index < -0.39 is 0 Å². The van der Waals surface area contributed by atoms with E-state index in [1.807, 2.05) is 12.4 Å². The molecule has 3 saturated heterocycles. The first-order chi connectivity index (χ1) is 25.3. The highest BCUT2D eigenvalue weighted by Gasteiger charge is 2.35. The number of anilines is 1. The quantitative estimate of drug-likeness (QED) is 0.301. The lowest BCUT2D eigenvalue weighted by Gasteiger charge is -2.30. The van der Waals surface area contributed by atoms with E-state index in [9.17, 15) is 9.59 Å². The maximum absolute atomic E-state index is 13.5. The van der Waals surface area contributed by atoms with Crippen LogP contribution < -0.4 is 29.2 Å². The molecule has 0 bridgehead atoms. The standard InChI is InChI=1S/C40H42N6O6/c1-24-9-29-18-42-33-16-37(35(49-3)14-31(33)39(47)45(29)20-24)51-22-26-11-27(13-28(12-26)44-7-5-41-6-8-44)23-52-38-17-34-32(15-36(38)50-4)40(48)46-21-25(2)10-30(46)19-43-34/h11-19,29-30,41H,1-2,5-10,20-23H2,3-4H3/t29-,30?/m0/s1. The molecule has 5 aliphatic rings. The predicted octanol–water partition coefficient (Wildman–Crippen LogP) is 5.24. The number of benzene rings is 3. The fourth-order valence-corrected chi connectivity index (χ4v) is 7.55. The van der Waals surface area contributed by atoms with Crippen LogP contribution in [0, 0.1) is 0 Å². The number of carbonyl (C=O) groups excluding carboxylic acids is 2. The zero-order valence-corrected chi connectivity index (χ0v) is 29.5. The van der Waals surface area contributed by atoms with E-state index in [1.54, 1.807) is 48.3 Å². The molecule has 52 heavy (non-hydrogen) atoms. The SMILES string of the molecule is C=C1CC2C=Nc3cc(OCc4cc(COc5cc6c(cc5OC)C(=O)N5CC(=C)C[C@H]5C=N6)cc(N5CCNCC5)c4)c(OC)cc3C(=O)N2C1. The highest BCUT2D eigenvalue weighted by molar-refractivity contribution is 6.04. The maximum atomic E-state index is 13.5. The van der Waals surface area contributed by atoms with Gasteiger partial charge in [-0.2, -0.15) is 0 Å². The Balaban J connectivity index is 1.05. The van der Waals surface area contributed by atoms with E-state index >= 15 is 0 Å². The molecular weight excluding hydrogens is 660 g/mol. The summed E-state index contributed by atoms with van der Waals surface area (Å²) < 4.78 is 24.2. The molecular formula is C40H42N6O6. The van der Waals surface area contributed by atoms with Crippen LogP contribution in [0.3, 0.4) is 0 Å². The average molecular weight is 703 g/mol. The third-order valence-electron chi connectivity index (χ3n) is 10.2. The molecule has 12 heteroatoms. The highest BCUT2D eigenvalue weighted by atomic mass is 16.5. The predicted molar refractivity (Wildman–Crippen MR) is 200 cm³/mol. The summed E-state index contributed by atoms with van der Waals surface area (Å²) in [5, 5.41) is 3.42. The van der Waals surface area contributed by atoms with Crippen molar-refractivity contribution >= 4 is 41.3 Å². The van der Waals surface area contributed by atoms with Gasteiger partial charge in [0.05, 0.1) is 48.8 Å². The zero-order chi connectivity index (χ0) is 35.9. The first-order valence-electron chi connectivity index (χ1n) is 17.6. The minimum absolute atomic E-state index is 0.0921. The number of ether oxygens (including phenoxy) is 4. The summed E-state index contributed by atoms with van der Waals surface area (Å²) in [6.07, 6.45) is 5.07. The molecule has 0 saturated carbocycles. The minimum atomic E-state index is -0.101. The van der Waals surface area contributed by atoms with E-state index in [1.165, 1.54) is 0 Å². The van der Waals surface area contributed by atoms with Gasteiger partial charge < -0.3 is 39.0 Å². The Hall–Kier alpha value is -5.62. The Morgan fingerprint density at radius 2 is 1.17 bits per heavy atom. The normalized spacial score (nSPS) is 20.6. The van der Waals surface area contributed by atoms with Crippen molar-refractivity contribution in [2.24, 2.45) is 9.98 Å². The second-order valence-electron chi connectivity index (χ2n) is 13.8. The Labute approximate surface area is 303 Å². The van der Waals surface area contributed by atoms with Crippen LogP contribution in [0.5, 0.6) is 23.0 Å². The van der Waals surface area contributed by atoms with E-state index in [-0.39, 0.29) is 37.1 Å². The van der Waals surface area contributed by atoms with Crippen LogP contribution in [0.2, 0.25) is 0 Å². The highest BCUT2D eigenvalue weighted by Crippen LogP contribution is 2.41. The van der Waals surface area contributed by atoms with Crippen molar-refractivity contribution in [3.63, 3.8) is 0 Å². The molecule has 5 aliphatic heterocycles. The van der Waals surface area contributed by atoms with Crippen LogP contribution in [0.25, 0.3) is 0 Å². The first kappa shape index (κ1) is 33.5. The van der Waals surface area contributed by atoms with Crippen molar-refractivity contribution < 1.29 is 28.5 Å². The number of nitrogens with one attached hydrogen (secondary N) is 1. The molecule has 268 valence electrons. The van der Waals surface area contributed by atoms with Crippen LogP contribution in [0.15, 0.2) is 76.8 Å². The number of hydrogen-bond donors (Lipinski definition) is 1. The number of hydrogen-bond acceptors (Lipinski definition) is 10. The Kier molecular flexibility index (Phi) is 8.92. The topological polar surface area (TPSA) is 118 Å². The molecule has 1 unspecified atom stereocenters. The van der Waals surface area contributed by atoms with Gasteiger partial charge in [0.15, 0.2) is 23.0 Å². The average Bonchev–Trinajstić information content (AvgIpc) is 3.67. The van der Waals surface area contributed by atoms with Crippen molar-refractivity contribution in [2.75, 3.05) is 58.4 Å². The van der Waals surface area contributed by atoms with Gasteiger partial charge in [-0.25, -0.2) is 0 Å². The molecule has 0 aliphatic carbocycles. The molecule has 0 radical (unpaired) electrons. The van der Waals surface area contributed by atoms with Crippen molar-refractivity contribution in [1.29, 1.82) is 0 Å². The second-order valence-corrected chi connectivity index (χ2v) is 13.8. The van der Waals surface area contributed by atoms with Gasteiger partial charge in [0.25, 0.3) is 11.8 Å². The summed E-state index contributed by atoms with van der Waals surface area (Å²) in [5.74, 6) is 1.73. The van der Waals surface area contributed by atoms with Crippen LogP contribution in [-0.2, 0) is 13.2 Å². The summed E-state index contributed by atoms with van der Waals surface area (Å²) in [4.78, 5) is 42.2. The van der Waals surface area contributed by atoms with Crippen LogP contribution in [0.4, 0.5) is 17.1 Å². The molecule has 12 nitrogen and oxygen atoms in total. The third-order valence-corrected chi connectivity index (χ3v) is 10.2. The number of piperazine rings is 1. The van der Waals surface area contributed by atoms with Gasteiger partial charge in [0.1, 0.15) is 13.2 Å². The van der Waals surface area contributed by atoms with Gasteiger partial charge in [-0.15, -0.1) is 0 Å². The summed E-state index contributed by atoms with van der Waals surface area (Å²) >= 11 is 0. The number of carbonyl (C=O) groups is 2. The van der Waals surface area contributed by atoms with Crippen molar-refractivity contribution in [1.82, 2.24) is 15.1 Å². The van der Waals surface area contributed by atoms with Crippen LogP contribution in [-0.4, -0.2) is 99.6 Å². The fourth-order valence-electron chi connectivity index (χ4n) is 7.55. The molecule has 0 aromatic heterocycles. The monoisotopic (exact) mass is 702 g/mol. The van der Waals surface area contributed by atoms with Gasteiger partial charge in [-0.1, -0.05) is 24.3 Å². The number of nitrogens with zero attached hydrogens (tertiary/aromatic N) is 5. The smallest absolute Gasteiger partial charge is 0.257 e. The summed E-state index contributed by atoms with van der Waals surface area (Å²) in [5.41, 5.74) is 7.05. The minimum Gasteiger partial charge on any atom is -0.493 e. The number of rotatable bonds is 9. The largest absolute Gasteiger partial charge is 0.493 e. The van der Waals surface area contributed by atoms with E-state index in [4.69, 9.17) is 18.9 Å². The van der Waals surface area contributed by atoms with Crippen molar-refractivity contribution in [3.05, 3.63) is 89.0 Å². The second kappa shape index (κ2) is 13.8. The lowest BCUT2D eigenvalue weighted by molar-refractivity contribution is 0.0769. The van der Waals surface area contributed by atoms with Gasteiger partial charge in [-0.3, -0.25) is 19.6 Å². The molecule has 3 fully saturated rings. The van der Waals surface area contributed by atoms with Crippen LogP contribution in [0.1, 0.15) is 44.7 Å². The Bertz CT molecular complexity index is 1900. The Morgan fingerprint density at radius 3 is 1.63 bits per heavy atom. The van der Waals surface area contributed by atoms with Crippen molar-refractivity contribution in [2.45, 2.75) is 38.1 Å². The third kappa shape index (κ3) is 6.38.